The molecule has 98 valence electrons. The quantitative estimate of drug-likeness (QED) is 0.729. The number of nitrogens with zero attached hydrogens (tertiary/aromatic N) is 5. The van der Waals surface area contributed by atoms with Gasteiger partial charge in [-0.25, -0.2) is 4.68 Å². The molecule has 2 aromatic rings. The van der Waals surface area contributed by atoms with Gasteiger partial charge < -0.3 is 10.4 Å². The van der Waals surface area contributed by atoms with E-state index in [1.54, 1.807) is 4.68 Å². The van der Waals surface area contributed by atoms with E-state index in [2.05, 4.69) is 20.7 Å². The molecular weight excluding hydrogens is 232 g/mol. The van der Waals surface area contributed by atoms with Gasteiger partial charge in [-0.1, -0.05) is 5.21 Å². The van der Waals surface area contributed by atoms with E-state index in [0.717, 1.165) is 17.9 Å². The summed E-state index contributed by atoms with van der Waals surface area (Å²) in [6, 6.07) is 0. The van der Waals surface area contributed by atoms with Crippen LogP contribution in [0.3, 0.4) is 0 Å². The van der Waals surface area contributed by atoms with Crippen LogP contribution in [0.15, 0.2) is 12.4 Å². The summed E-state index contributed by atoms with van der Waals surface area (Å²) in [5.74, 6) is 0. The monoisotopic (exact) mass is 250 g/mol. The molecule has 0 aliphatic carbocycles. The van der Waals surface area contributed by atoms with Crippen molar-refractivity contribution in [1.82, 2.24) is 30.1 Å². The summed E-state index contributed by atoms with van der Waals surface area (Å²) in [6.07, 6.45) is 3.84. The lowest BCUT2D eigenvalue weighted by atomic mass is 10.2. The number of aliphatic hydroxyl groups is 1. The zero-order valence-electron chi connectivity index (χ0n) is 10.7. The van der Waals surface area contributed by atoms with Crippen molar-refractivity contribution in [1.29, 1.82) is 0 Å². The second-order valence-corrected chi connectivity index (χ2v) is 4.21. The van der Waals surface area contributed by atoms with Crippen molar-refractivity contribution in [3.05, 3.63) is 29.3 Å². The van der Waals surface area contributed by atoms with Crippen LogP contribution in [0.5, 0.6) is 0 Å². The van der Waals surface area contributed by atoms with Gasteiger partial charge in [-0.05, 0) is 6.92 Å². The highest BCUT2D eigenvalue weighted by atomic mass is 16.3. The minimum Gasteiger partial charge on any atom is -0.394 e. The third kappa shape index (κ3) is 3.14. The molecule has 0 amide bonds. The Morgan fingerprint density at radius 3 is 2.83 bits per heavy atom. The molecule has 0 saturated carbocycles. The van der Waals surface area contributed by atoms with Crippen LogP contribution in [0.4, 0.5) is 0 Å². The number of rotatable bonds is 6. The van der Waals surface area contributed by atoms with E-state index in [1.807, 2.05) is 31.0 Å². The van der Waals surface area contributed by atoms with Crippen LogP contribution in [-0.4, -0.2) is 36.5 Å². The van der Waals surface area contributed by atoms with Gasteiger partial charge in [0.05, 0.1) is 24.5 Å². The van der Waals surface area contributed by atoms with Gasteiger partial charge in [0, 0.05) is 38.1 Å². The number of nitrogens with one attached hydrogen (secondary N) is 1. The molecule has 0 radical (unpaired) electrons. The third-order valence-electron chi connectivity index (χ3n) is 2.65. The van der Waals surface area contributed by atoms with Crippen LogP contribution in [-0.2, 0) is 26.7 Å². The molecule has 0 spiro atoms. The lowest BCUT2D eigenvalue weighted by molar-refractivity contribution is 0.268. The molecule has 0 aliphatic heterocycles. The van der Waals surface area contributed by atoms with Crippen molar-refractivity contribution in [3.63, 3.8) is 0 Å². The van der Waals surface area contributed by atoms with Crippen LogP contribution in [0.1, 0.15) is 17.0 Å². The highest BCUT2D eigenvalue weighted by Gasteiger charge is 2.04. The molecule has 7 nitrogen and oxygen atoms in total. The van der Waals surface area contributed by atoms with E-state index >= 15 is 0 Å². The number of hydrogen-bond acceptors (Lipinski definition) is 5. The lowest BCUT2D eigenvalue weighted by Crippen LogP contribution is -2.13. The molecule has 2 rings (SSSR count). The van der Waals surface area contributed by atoms with Crippen molar-refractivity contribution >= 4 is 0 Å². The van der Waals surface area contributed by atoms with Crippen molar-refractivity contribution in [2.24, 2.45) is 7.05 Å². The molecule has 0 saturated heterocycles. The number of aliphatic hydroxyl groups excluding tert-OH is 1. The van der Waals surface area contributed by atoms with Gasteiger partial charge in [-0.3, -0.25) is 4.68 Å². The normalized spacial score (nSPS) is 11.1. The fourth-order valence-corrected chi connectivity index (χ4v) is 1.78. The maximum absolute atomic E-state index is 8.77. The first kappa shape index (κ1) is 12.7. The minimum atomic E-state index is 0.0745. The predicted molar refractivity (Wildman–Crippen MR) is 65.6 cm³/mol. The molecule has 2 aromatic heterocycles. The fourth-order valence-electron chi connectivity index (χ4n) is 1.78. The first-order chi connectivity index (χ1) is 8.69. The van der Waals surface area contributed by atoms with Crippen molar-refractivity contribution in [2.75, 3.05) is 6.61 Å². The molecule has 0 aromatic carbocycles. The van der Waals surface area contributed by atoms with E-state index in [-0.39, 0.29) is 6.61 Å². The number of aryl methyl sites for hydroxylation is 2. The standard InChI is InChI=1S/C11H18N6O/c1-9-10(7-16(2)14-9)5-12-6-11-8-17(3-4-18)15-13-11/h7-8,12,18H,3-6H2,1-2H3. The predicted octanol–water partition coefficient (Wildman–Crippen LogP) is -0.398. The highest BCUT2D eigenvalue weighted by molar-refractivity contribution is 5.14. The zero-order chi connectivity index (χ0) is 13.0. The Balaban J connectivity index is 1.82. The summed E-state index contributed by atoms with van der Waals surface area (Å²) in [5.41, 5.74) is 3.08. The maximum atomic E-state index is 8.77. The average molecular weight is 250 g/mol. The molecular formula is C11H18N6O. The van der Waals surface area contributed by atoms with Gasteiger partial charge >= 0.3 is 0 Å². The van der Waals surface area contributed by atoms with E-state index in [4.69, 9.17) is 5.11 Å². The summed E-state index contributed by atoms with van der Waals surface area (Å²) < 4.78 is 3.44. The number of aromatic nitrogens is 5. The van der Waals surface area contributed by atoms with E-state index in [0.29, 0.717) is 13.1 Å². The Morgan fingerprint density at radius 1 is 1.33 bits per heavy atom. The van der Waals surface area contributed by atoms with E-state index in [9.17, 15) is 0 Å². The van der Waals surface area contributed by atoms with Crippen LogP contribution >= 0.6 is 0 Å². The molecule has 18 heavy (non-hydrogen) atoms. The smallest absolute Gasteiger partial charge is 0.0964 e. The average Bonchev–Trinajstić information content (AvgIpc) is 2.87. The van der Waals surface area contributed by atoms with Gasteiger partial charge in [0.1, 0.15) is 0 Å². The zero-order valence-corrected chi connectivity index (χ0v) is 10.7. The molecule has 0 atom stereocenters. The summed E-state index contributed by atoms with van der Waals surface area (Å²) in [6.45, 7) is 3.96. The van der Waals surface area contributed by atoms with Gasteiger partial charge in [-0.15, -0.1) is 5.10 Å². The first-order valence-corrected chi connectivity index (χ1v) is 5.88. The minimum absolute atomic E-state index is 0.0745. The Kier molecular flexibility index (Phi) is 4.06. The molecule has 7 heteroatoms. The summed E-state index contributed by atoms with van der Waals surface area (Å²) in [4.78, 5) is 0. The van der Waals surface area contributed by atoms with Crippen LogP contribution < -0.4 is 5.32 Å². The van der Waals surface area contributed by atoms with Crippen LogP contribution in [0, 0.1) is 6.92 Å². The Bertz CT molecular complexity index is 503. The molecule has 2 N–H and O–H groups in total. The van der Waals surface area contributed by atoms with Gasteiger partial charge in [0.2, 0.25) is 0 Å². The Labute approximate surface area is 105 Å². The molecule has 0 unspecified atom stereocenters. The topological polar surface area (TPSA) is 80.8 Å². The van der Waals surface area contributed by atoms with Gasteiger partial charge in [-0.2, -0.15) is 5.10 Å². The Hall–Kier alpha value is -1.73. The largest absolute Gasteiger partial charge is 0.394 e. The second-order valence-electron chi connectivity index (χ2n) is 4.21. The SMILES string of the molecule is Cc1nn(C)cc1CNCc1cn(CCO)nn1. The second kappa shape index (κ2) is 5.74. The van der Waals surface area contributed by atoms with Gasteiger partial charge in [0.15, 0.2) is 0 Å². The highest BCUT2D eigenvalue weighted by Crippen LogP contribution is 2.04. The summed E-state index contributed by atoms with van der Waals surface area (Å²) in [7, 11) is 1.91. The molecule has 0 bridgehead atoms. The fraction of sp³-hybridized carbons (Fsp3) is 0.545. The van der Waals surface area contributed by atoms with Crippen LogP contribution in [0.25, 0.3) is 0 Å². The van der Waals surface area contributed by atoms with E-state index < -0.39 is 0 Å². The molecule has 2 heterocycles. The van der Waals surface area contributed by atoms with Crippen molar-refractivity contribution in [2.45, 2.75) is 26.6 Å². The Morgan fingerprint density at radius 2 is 2.17 bits per heavy atom. The van der Waals surface area contributed by atoms with Crippen molar-refractivity contribution in [3.8, 4) is 0 Å². The van der Waals surface area contributed by atoms with Crippen molar-refractivity contribution < 1.29 is 5.11 Å². The summed E-state index contributed by atoms with van der Waals surface area (Å²) in [5, 5.41) is 24.3. The molecule has 0 fully saturated rings. The summed E-state index contributed by atoms with van der Waals surface area (Å²) >= 11 is 0. The number of hydrogen-bond donors (Lipinski definition) is 2. The van der Waals surface area contributed by atoms with Gasteiger partial charge in [0.25, 0.3) is 0 Å². The van der Waals surface area contributed by atoms with Crippen LogP contribution in [0.2, 0.25) is 0 Å². The molecule has 0 aliphatic rings. The maximum Gasteiger partial charge on any atom is 0.0964 e. The van der Waals surface area contributed by atoms with E-state index in [1.165, 1.54) is 5.56 Å². The lowest BCUT2D eigenvalue weighted by Gasteiger charge is -2.00. The third-order valence-corrected chi connectivity index (χ3v) is 2.65. The first-order valence-electron chi connectivity index (χ1n) is 5.88.